The van der Waals surface area contributed by atoms with Crippen molar-refractivity contribution >= 4 is 35.5 Å². The molecule has 1 fully saturated rings. The number of aliphatic hydroxyl groups excluding tert-OH is 3. The maximum absolute atomic E-state index is 12.7. The maximum Gasteiger partial charge on any atom is 0.364 e. The van der Waals surface area contributed by atoms with Gasteiger partial charge in [-0.15, -0.1) is 0 Å². The van der Waals surface area contributed by atoms with E-state index in [1.165, 1.54) is 11.8 Å². The van der Waals surface area contributed by atoms with E-state index in [0.29, 0.717) is 23.5 Å². The fourth-order valence-electron chi connectivity index (χ4n) is 4.69. The van der Waals surface area contributed by atoms with Gasteiger partial charge in [-0.25, -0.2) is 4.79 Å². The van der Waals surface area contributed by atoms with Gasteiger partial charge in [0.2, 0.25) is 5.91 Å². The van der Waals surface area contributed by atoms with Crippen molar-refractivity contribution in [1.82, 2.24) is 10.6 Å². The molecule has 2 amide bonds. The van der Waals surface area contributed by atoms with Gasteiger partial charge in [0.05, 0.1) is 31.3 Å². The van der Waals surface area contributed by atoms with Crippen LogP contribution < -0.4 is 10.6 Å². The largest absolute Gasteiger partial charge is 0.481 e. The standard InChI is InChI=1S/C30H38N2O11S/c1-18(33)32-25-22(34)16-30(29(40)41,42-13-5-14-44-15-12-24(36)37)43-27(25)26(38)23(35)17-31-28(39)21-10-8-20(9-11-21)19-6-3-2-4-7-19/h2-4,6-11,22-23,25-27,34-35,38H,5,12-17H2,1H3,(H,31,39)(H,32,33)(H,36,37)(H,40,41)/t22-,23+,25+,26?,27+,30+/m0/s1. The average molecular weight is 635 g/mol. The number of ether oxygens (including phenoxy) is 2. The van der Waals surface area contributed by atoms with Crippen molar-refractivity contribution < 1.29 is 54.2 Å². The Morgan fingerprint density at radius 1 is 1.02 bits per heavy atom. The third-order valence-electron chi connectivity index (χ3n) is 6.95. The maximum atomic E-state index is 12.7. The number of carboxylic acid groups (broad SMARTS) is 2. The zero-order chi connectivity index (χ0) is 32.3. The van der Waals surface area contributed by atoms with Gasteiger partial charge >= 0.3 is 11.9 Å². The molecule has 7 N–H and O–H groups in total. The SMILES string of the molecule is CC(=O)N[C@@H]1[C@@H](O)C[C@](OCCCSCCC(=O)O)(C(=O)O)O[C@H]1C(O)[C@H](O)CNC(=O)c1ccc(-c2ccccc2)cc1. The first-order chi connectivity index (χ1) is 20.9. The van der Waals surface area contributed by atoms with Crippen molar-refractivity contribution in [1.29, 1.82) is 0 Å². The highest BCUT2D eigenvalue weighted by Crippen LogP contribution is 2.34. The molecule has 13 nitrogen and oxygen atoms in total. The van der Waals surface area contributed by atoms with Crippen LogP contribution in [0.4, 0.5) is 0 Å². The van der Waals surface area contributed by atoms with E-state index in [1.807, 2.05) is 30.3 Å². The summed E-state index contributed by atoms with van der Waals surface area (Å²) >= 11 is 1.34. The van der Waals surface area contributed by atoms with Gasteiger partial charge in [0.1, 0.15) is 12.2 Å². The molecule has 44 heavy (non-hydrogen) atoms. The number of carbonyl (C=O) groups excluding carboxylic acids is 2. The number of hydrogen-bond donors (Lipinski definition) is 7. The Balaban J connectivity index is 1.65. The second-order valence-corrected chi connectivity index (χ2v) is 11.5. The summed E-state index contributed by atoms with van der Waals surface area (Å²) in [5.41, 5.74) is 2.17. The van der Waals surface area contributed by atoms with Gasteiger partial charge in [-0.2, -0.15) is 11.8 Å². The normalized spacial score (nSPS) is 22.9. The number of aliphatic carboxylic acids is 2. The van der Waals surface area contributed by atoms with Crippen molar-refractivity contribution in [3.05, 3.63) is 60.2 Å². The zero-order valence-electron chi connectivity index (χ0n) is 24.1. The van der Waals surface area contributed by atoms with Gasteiger partial charge in [0, 0.05) is 31.2 Å². The number of carboxylic acids is 2. The molecule has 1 aliphatic heterocycles. The van der Waals surface area contributed by atoms with E-state index in [2.05, 4.69) is 10.6 Å². The molecule has 0 aliphatic carbocycles. The summed E-state index contributed by atoms with van der Waals surface area (Å²) in [7, 11) is 0. The Morgan fingerprint density at radius 3 is 2.30 bits per heavy atom. The van der Waals surface area contributed by atoms with E-state index in [-0.39, 0.29) is 13.0 Å². The summed E-state index contributed by atoms with van der Waals surface area (Å²) in [6.45, 7) is 0.569. The smallest absolute Gasteiger partial charge is 0.364 e. The highest BCUT2D eigenvalue weighted by atomic mass is 32.2. The lowest BCUT2D eigenvalue weighted by Gasteiger charge is -2.46. The number of benzene rings is 2. The van der Waals surface area contributed by atoms with E-state index in [0.717, 1.165) is 18.1 Å². The van der Waals surface area contributed by atoms with Crippen molar-refractivity contribution in [2.75, 3.05) is 24.7 Å². The number of rotatable bonds is 16. The van der Waals surface area contributed by atoms with Crippen molar-refractivity contribution in [2.24, 2.45) is 0 Å². The van der Waals surface area contributed by atoms with Gasteiger partial charge < -0.3 is 45.6 Å². The fourth-order valence-corrected chi connectivity index (χ4v) is 5.54. The van der Waals surface area contributed by atoms with Gasteiger partial charge in [0.15, 0.2) is 0 Å². The Labute approximate surface area is 258 Å². The molecular formula is C30H38N2O11S. The second-order valence-electron chi connectivity index (χ2n) is 10.3. The number of aliphatic hydroxyl groups is 3. The summed E-state index contributed by atoms with van der Waals surface area (Å²) < 4.78 is 11.3. The van der Waals surface area contributed by atoms with E-state index in [4.69, 9.17) is 14.6 Å². The van der Waals surface area contributed by atoms with Crippen LogP contribution in [0.1, 0.15) is 36.5 Å². The molecule has 0 aromatic heterocycles. The minimum absolute atomic E-state index is 0.0205. The summed E-state index contributed by atoms with van der Waals surface area (Å²) in [5.74, 6) is -5.22. The van der Waals surface area contributed by atoms with Crippen molar-refractivity contribution in [2.45, 2.75) is 62.4 Å². The minimum atomic E-state index is -2.41. The molecule has 0 spiro atoms. The second kappa shape index (κ2) is 16.5. The van der Waals surface area contributed by atoms with Crippen LogP contribution in [0.5, 0.6) is 0 Å². The van der Waals surface area contributed by atoms with E-state index in [1.54, 1.807) is 24.3 Å². The molecule has 1 heterocycles. The molecule has 3 rings (SSSR count). The topological polar surface area (TPSA) is 212 Å². The van der Waals surface area contributed by atoms with Crippen LogP contribution in [-0.4, -0.2) is 110 Å². The van der Waals surface area contributed by atoms with Crippen LogP contribution in [0, 0.1) is 0 Å². The molecular weight excluding hydrogens is 596 g/mol. The first kappa shape index (κ1) is 35.0. The first-order valence-electron chi connectivity index (χ1n) is 14.0. The third-order valence-corrected chi connectivity index (χ3v) is 8.02. The Hall–Kier alpha value is -3.53. The average Bonchev–Trinajstić information content (AvgIpc) is 3.00. The molecule has 1 saturated heterocycles. The molecule has 0 saturated carbocycles. The van der Waals surface area contributed by atoms with Crippen LogP contribution in [0.15, 0.2) is 54.6 Å². The molecule has 1 aliphatic rings. The molecule has 14 heteroatoms. The van der Waals surface area contributed by atoms with Crippen LogP contribution >= 0.6 is 11.8 Å². The fraction of sp³-hybridized carbons (Fsp3) is 0.467. The van der Waals surface area contributed by atoms with Gasteiger partial charge in [-0.1, -0.05) is 42.5 Å². The number of hydrogen-bond acceptors (Lipinski definition) is 10. The third kappa shape index (κ3) is 9.74. The predicted molar refractivity (Wildman–Crippen MR) is 160 cm³/mol. The summed E-state index contributed by atoms with van der Waals surface area (Å²) in [4.78, 5) is 47.5. The first-order valence-corrected chi connectivity index (χ1v) is 15.2. The van der Waals surface area contributed by atoms with Gasteiger partial charge in [-0.05, 0) is 35.4 Å². The molecule has 2 aromatic rings. The van der Waals surface area contributed by atoms with Crippen LogP contribution in [0.2, 0.25) is 0 Å². The Morgan fingerprint density at radius 2 is 1.68 bits per heavy atom. The van der Waals surface area contributed by atoms with Crippen LogP contribution in [0.3, 0.4) is 0 Å². The van der Waals surface area contributed by atoms with E-state index >= 15 is 0 Å². The molecule has 2 aromatic carbocycles. The number of amides is 2. The molecule has 240 valence electrons. The Kier molecular flexibility index (Phi) is 13.1. The minimum Gasteiger partial charge on any atom is -0.481 e. The zero-order valence-corrected chi connectivity index (χ0v) is 24.9. The molecule has 0 radical (unpaired) electrons. The predicted octanol–water partition coefficient (Wildman–Crippen LogP) is 0.855. The highest BCUT2D eigenvalue weighted by Gasteiger charge is 2.55. The molecule has 1 unspecified atom stereocenters. The van der Waals surface area contributed by atoms with E-state index < -0.39 is 73.0 Å². The van der Waals surface area contributed by atoms with Crippen LogP contribution in [0.25, 0.3) is 11.1 Å². The summed E-state index contributed by atoms with van der Waals surface area (Å²) in [6.07, 6.45) is -7.01. The van der Waals surface area contributed by atoms with Crippen molar-refractivity contribution in [3.8, 4) is 11.1 Å². The summed E-state index contributed by atoms with van der Waals surface area (Å²) in [6, 6.07) is 15.0. The lowest BCUT2D eigenvalue weighted by Crippen LogP contribution is -2.68. The van der Waals surface area contributed by atoms with Gasteiger partial charge in [0.25, 0.3) is 11.7 Å². The monoisotopic (exact) mass is 634 g/mol. The lowest BCUT2D eigenvalue weighted by atomic mass is 9.88. The highest BCUT2D eigenvalue weighted by molar-refractivity contribution is 7.99. The summed E-state index contributed by atoms with van der Waals surface area (Å²) in [5, 5.41) is 56.3. The van der Waals surface area contributed by atoms with Crippen molar-refractivity contribution in [3.63, 3.8) is 0 Å². The number of thioether (sulfide) groups is 1. The van der Waals surface area contributed by atoms with Gasteiger partial charge in [-0.3, -0.25) is 14.4 Å². The molecule has 6 atom stereocenters. The quantitative estimate of drug-likeness (QED) is 0.128. The van der Waals surface area contributed by atoms with Crippen LogP contribution in [-0.2, 0) is 23.9 Å². The molecule has 0 bridgehead atoms. The lowest BCUT2D eigenvalue weighted by molar-refractivity contribution is -0.310. The number of carbonyl (C=O) groups is 4. The van der Waals surface area contributed by atoms with E-state index in [9.17, 15) is 39.6 Å². The Bertz CT molecular complexity index is 1260. The number of nitrogens with one attached hydrogen (secondary N) is 2.